The number of benzene rings is 2. The summed E-state index contributed by atoms with van der Waals surface area (Å²) in [7, 11) is 0. The highest BCUT2D eigenvalue weighted by molar-refractivity contribution is 6.05. The van der Waals surface area contributed by atoms with Gasteiger partial charge in [-0.2, -0.15) is 5.10 Å². The molecule has 1 aliphatic rings. The number of aromatic nitrogens is 2. The Bertz CT molecular complexity index is 1130. The second-order valence-electron chi connectivity index (χ2n) is 6.93. The molecular formula is C22H20N4O2. The molecule has 140 valence electrons. The molecule has 6 nitrogen and oxygen atoms in total. The average molecular weight is 372 g/mol. The number of hydrogen-bond acceptors (Lipinski definition) is 4. The molecule has 0 saturated heterocycles. The van der Waals surface area contributed by atoms with Crippen molar-refractivity contribution in [2.24, 2.45) is 0 Å². The average Bonchev–Trinajstić information content (AvgIpc) is 3.12. The first-order valence-corrected chi connectivity index (χ1v) is 9.00. The van der Waals surface area contributed by atoms with E-state index in [0.29, 0.717) is 23.4 Å². The van der Waals surface area contributed by atoms with Crippen LogP contribution in [-0.4, -0.2) is 21.9 Å². The van der Waals surface area contributed by atoms with Crippen molar-refractivity contribution in [1.29, 1.82) is 0 Å². The van der Waals surface area contributed by atoms with Crippen LogP contribution in [0.15, 0.2) is 66.8 Å². The zero-order valence-electron chi connectivity index (χ0n) is 15.4. The van der Waals surface area contributed by atoms with E-state index in [1.54, 1.807) is 37.3 Å². The lowest BCUT2D eigenvalue weighted by Crippen LogP contribution is -2.33. The molecule has 4 rings (SSSR count). The molecule has 3 aromatic rings. The number of nitrogens with one attached hydrogen (secondary N) is 2. The summed E-state index contributed by atoms with van der Waals surface area (Å²) < 4.78 is 0. The monoisotopic (exact) mass is 372 g/mol. The molecule has 1 heterocycles. The number of allylic oxidation sites excluding steroid dienone is 4. The molecule has 0 bridgehead atoms. The number of Topliss-reactive ketones (excluding diaryl/α,β-unsaturated/α-hetero) is 1. The summed E-state index contributed by atoms with van der Waals surface area (Å²) >= 11 is 0. The maximum absolute atomic E-state index is 12.5. The summed E-state index contributed by atoms with van der Waals surface area (Å²) in [5, 5.41) is 11.1. The summed E-state index contributed by atoms with van der Waals surface area (Å²) in [6.07, 6.45) is 8.25. The van der Waals surface area contributed by atoms with E-state index < -0.39 is 5.41 Å². The van der Waals surface area contributed by atoms with E-state index in [1.807, 2.05) is 36.4 Å². The van der Waals surface area contributed by atoms with Gasteiger partial charge in [0, 0.05) is 22.3 Å². The molecule has 1 amide bonds. The zero-order valence-corrected chi connectivity index (χ0v) is 15.4. The van der Waals surface area contributed by atoms with Gasteiger partial charge < -0.3 is 11.1 Å². The molecule has 1 aliphatic carbocycles. The molecule has 28 heavy (non-hydrogen) atoms. The maximum Gasteiger partial charge on any atom is 0.255 e. The summed E-state index contributed by atoms with van der Waals surface area (Å²) in [4.78, 5) is 25.0. The number of aromatic amines is 1. The Hall–Kier alpha value is -3.67. The lowest BCUT2D eigenvalue weighted by Gasteiger charge is -2.27. The zero-order chi connectivity index (χ0) is 19.7. The lowest BCUT2D eigenvalue weighted by atomic mass is 9.74. The number of rotatable bonds is 4. The van der Waals surface area contributed by atoms with Crippen molar-refractivity contribution in [3.05, 3.63) is 78.0 Å². The number of H-pyrrole nitrogens is 1. The maximum atomic E-state index is 12.5. The molecule has 0 fully saturated rings. The minimum Gasteiger partial charge on any atom is -0.399 e. The van der Waals surface area contributed by atoms with Crippen molar-refractivity contribution in [3.8, 4) is 0 Å². The van der Waals surface area contributed by atoms with Crippen LogP contribution in [0, 0.1) is 0 Å². The van der Waals surface area contributed by atoms with E-state index in [0.717, 1.165) is 16.6 Å². The van der Waals surface area contributed by atoms with Crippen LogP contribution in [-0.2, 0) is 10.2 Å². The Kier molecular flexibility index (Phi) is 4.31. The van der Waals surface area contributed by atoms with Crippen LogP contribution in [0.1, 0.15) is 29.4 Å². The number of carbonyl (C=O) groups is 2. The van der Waals surface area contributed by atoms with Gasteiger partial charge >= 0.3 is 0 Å². The van der Waals surface area contributed by atoms with Crippen molar-refractivity contribution in [2.45, 2.75) is 18.8 Å². The van der Waals surface area contributed by atoms with E-state index in [2.05, 4.69) is 15.5 Å². The number of anilines is 2. The molecule has 6 heteroatoms. The van der Waals surface area contributed by atoms with Gasteiger partial charge in [0.05, 0.1) is 16.6 Å². The van der Waals surface area contributed by atoms with Crippen molar-refractivity contribution in [2.75, 3.05) is 11.1 Å². The number of nitrogens with two attached hydrogens (primary N) is 1. The predicted molar refractivity (Wildman–Crippen MR) is 110 cm³/mol. The Morgan fingerprint density at radius 3 is 2.61 bits per heavy atom. The van der Waals surface area contributed by atoms with Gasteiger partial charge in [0.2, 0.25) is 0 Å². The third kappa shape index (κ3) is 2.99. The van der Waals surface area contributed by atoms with Gasteiger partial charge in [0.1, 0.15) is 5.78 Å². The van der Waals surface area contributed by atoms with Crippen LogP contribution in [0.25, 0.3) is 10.9 Å². The van der Waals surface area contributed by atoms with Gasteiger partial charge in [-0.25, -0.2) is 0 Å². The number of fused-ring (bicyclic) bond motifs is 1. The van der Waals surface area contributed by atoms with E-state index in [-0.39, 0.29) is 11.7 Å². The van der Waals surface area contributed by atoms with Gasteiger partial charge in [-0.05, 0) is 55.8 Å². The van der Waals surface area contributed by atoms with Gasteiger partial charge in [0.15, 0.2) is 0 Å². The third-order valence-electron chi connectivity index (χ3n) is 5.13. The molecule has 2 aromatic carbocycles. The van der Waals surface area contributed by atoms with Crippen LogP contribution in [0.2, 0.25) is 0 Å². The van der Waals surface area contributed by atoms with Crippen molar-refractivity contribution < 1.29 is 9.59 Å². The van der Waals surface area contributed by atoms with Crippen LogP contribution < -0.4 is 11.1 Å². The molecule has 0 radical (unpaired) electrons. The van der Waals surface area contributed by atoms with Crippen LogP contribution >= 0.6 is 0 Å². The highest BCUT2D eigenvalue weighted by Crippen LogP contribution is 2.37. The number of hydrogen-bond donors (Lipinski definition) is 3. The normalized spacial score (nSPS) is 18.3. The minimum absolute atomic E-state index is 0.0370. The van der Waals surface area contributed by atoms with Gasteiger partial charge in [-0.1, -0.05) is 24.3 Å². The lowest BCUT2D eigenvalue weighted by molar-refractivity contribution is -0.120. The van der Waals surface area contributed by atoms with E-state index in [1.165, 1.54) is 0 Å². The summed E-state index contributed by atoms with van der Waals surface area (Å²) in [5.41, 5.74) is 8.12. The smallest absolute Gasteiger partial charge is 0.255 e. The summed E-state index contributed by atoms with van der Waals surface area (Å²) in [6, 6.07) is 12.2. The fourth-order valence-corrected chi connectivity index (χ4v) is 3.51. The molecule has 1 unspecified atom stereocenters. The largest absolute Gasteiger partial charge is 0.399 e. The minimum atomic E-state index is -0.775. The highest BCUT2D eigenvalue weighted by Gasteiger charge is 2.37. The molecular weight excluding hydrogens is 352 g/mol. The fourth-order valence-electron chi connectivity index (χ4n) is 3.51. The highest BCUT2D eigenvalue weighted by atomic mass is 16.1. The standard InChI is InChI=1S/C22H20N4O2/c1-14(27)22(11-3-2-4-12-22)20-18-13-17(9-10-19(18)25-26-20)24-21(28)15-5-7-16(23)8-6-15/h2-11,13H,12,23H2,1H3,(H,24,28)(H,25,26). The number of nitrogens with zero attached hydrogens (tertiary/aromatic N) is 1. The van der Waals surface area contributed by atoms with Crippen molar-refractivity contribution in [1.82, 2.24) is 10.2 Å². The molecule has 0 aliphatic heterocycles. The Morgan fingerprint density at radius 2 is 1.93 bits per heavy atom. The van der Waals surface area contributed by atoms with Crippen molar-refractivity contribution >= 4 is 34.0 Å². The van der Waals surface area contributed by atoms with Crippen LogP contribution in [0.3, 0.4) is 0 Å². The van der Waals surface area contributed by atoms with E-state index in [9.17, 15) is 9.59 Å². The summed E-state index contributed by atoms with van der Waals surface area (Å²) in [6.45, 7) is 1.59. The first-order chi connectivity index (χ1) is 13.5. The number of amides is 1. The first-order valence-electron chi connectivity index (χ1n) is 9.00. The molecule has 0 spiro atoms. The van der Waals surface area contributed by atoms with Gasteiger partial charge in [-0.15, -0.1) is 0 Å². The number of nitrogen functional groups attached to an aromatic ring is 1. The van der Waals surface area contributed by atoms with E-state index >= 15 is 0 Å². The Morgan fingerprint density at radius 1 is 1.14 bits per heavy atom. The quantitative estimate of drug-likeness (QED) is 0.607. The molecule has 1 aromatic heterocycles. The molecule has 4 N–H and O–H groups in total. The van der Waals surface area contributed by atoms with Gasteiger partial charge in [-0.3, -0.25) is 14.7 Å². The fraction of sp³-hybridized carbons (Fsp3) is 0.136. The second kappa shape index (κ2) is 6.81. The number of carbonyl (C=O) groups excluding carboxylic acids is 2. The van der Waals surface area contributed by atoms with Gasteiger partial charge in [0.25, 0.3) is 5.91 Å². The SMILES string of the molecule is CC(=O)C1(c2[nH]nc3ccc(NC(=O)c4ccc(N)cc4)cc23)C=CC=CC1. The predicted octanol–water partition coefficient (Wildman–Crippen LogP) is 3.74. The topological polar surface area (TPSA) is 101 Å². The second-order valence-corrected chi connectivity index (χ2v) is 6.93. The Balaban J connectivity index is 1.71. The Labute approximate surface area is 162 Å². The van der Waals surface area contributed by atoms with Crippen LogP contribution in [0.4, 0.5) is 11.4 Å². The van der Waals surface area contributed by atoms with Crippen molar-refractivity contribution in [3.63, 3.8) is 0 Å². The molecule has 1 atom stereocenters. The first kappa shape index (κ1) is 17.7. The molecule has 0 saturated carbocycles. The van der Waals surface area contributed by atoms with E-state index in [4.69, 9.17) is 5.73 Å². The van der Waals surface area contributed by atoms with Crippen LogP contribution in [0.5, 0.6) is 0 Å². The summed E-state index contributed by atoms with van der Waals surface area (Å²) in [5.74, 6) is -0.193. The third-order valence-corrected chi connectivity index (χ3v) is 5.13. The number of ketones is 1.